The lowest BCUT2D eigenvalue weighted by atomic mass is 10.2. The van der Waals surface area contributed by atoms with E-state index in [1.54, 1.807) is 0 Å². The lowest BCUT2D eigenvalue weighted by molar-refractivity contribution is -0.110. The van der Waals surface area contributed by atoms with Crippen LogP contribution in [0.15, 0.2) is 0 Å². The Morgan fingerprint density at radius 2 is 2.00 bits per heavy atom. The van der Waals surface area contributed by atoms with Crippen molar-refractivity contribution in [3.05, 3.63) is 0 Å². The molecule has 0 radical (unpaired) electrons. The zero-order valence-corrected chi connectivity index (χ0v) is 8.82. The molecular weight excluding hydrogens is 248 g/mol. The third kappa shape index (κ3) is 12.0. The van der Waals surface area contributed by atoms with Gasteiger partial charge in [0.15, 0.2) is 4.69 Å². The van der Waals surface area contributed by atoms with Gasteiger partial charge in [0.2, 0.25) is 0 Å². The lowest BCUT2D eigenvalue weighted by Crippen LogP contribution is -1.83. The summed E-state index contributed by atoms with van der Waals surface area (Å²) in [6.07, 6.45) is 4.06. The zero-order chi connectivity index (χ0) is 6.41. The normalized spacial score (nSPS) is 8.22. The summed E-state index contributed by atoms with van der Waals surface area (Å²) in [5.74, 6) is 0. The van der Waals surface area contributed by atoms with Crippen LogP contribution in [0.3, 0.4) is 0 Å². The van der Waals surface area contributed by atoms with E-state index in [1.165, 1.54) is 6.42 Å². The Kier molecular flexibility index (Phi) is 11.8. The van der Waals surface area contributed by atoms with Crippen molar-refractivity contribution in [3.8, 4) is 0 Å². The Bertz CT molecular complexity index is 73.5. The molecule has 0 saturated carbocycles. The Hall–Kier alpha value is 0.630. The van der Waals surface area contributed by atoms with Crippen LogP contribution in [0.1, 0.15) is 32.6 Å². The molecule has 0 unspecified atom stereocenters. The molecule has 0 aromatic rings. The summed E-state index contributed by atoms with van der Waals surface area (Å²) in [4.78, 5) is 10.2. The van der Waals surface area contributed by atoms with E-state index >= 15 is 0 Å². The summed E-state index contributed by atoms with van der Waals surface area (Å²) in [5.41, 5.74) is 0. The fourth-order valence-electron chi connectivity index (χ4n) is 0.514. The molecule has 0 aromatic heterocycles. The van der Waals surface area contributed by atoms with Gasteiger partial charge in [0.25, 0.3) is 0 Å². The van der Waals surface area contributed by atoms with Gasteiger partial charge in [0.1, 0.15) is 0 Å². The molecule has 56 valence electrons. The van der Waals surface area contributed by atoms with Crippen LogP contribution in [0, 0.1) is 0 Å². The average molecular weight is 260 g/mol. The van der Waals surface area contributed by atoms with E-state index in [1.807, 2.05) is 0 Å². The smallest absolute Gasteiger partial charge is 0.197 e. The van der Waals surface area contributed by atoms with Gasteiger partial charge in [-0.25, -0.2) is 0 Å². The van der Waals surface area contributed by atoms with Crippen LogP contribution in [0.2, 0.25) is 0 Å². The van der Waals surface area contributed by atoms with Crippen molar-refractivity contribution in [2.45, 2.75) is 32.6 Å². The molecule has 0 aliphatic heterocycles. The largest absolute Gasteiger partial charge is 0.287 e. The van der Waals surface area contributed by atoms with Gasteiger partial charge in [-0.2, -0.15) is 0 Å². The van der Waals surface area contributed by atoms with Crippen molar-refractivity contribution in [2.75, 3.05) is 0 Å². The van der Waals surface area contributed by atoms with E-state index in [-0.39, 0.29) is 21.7 Å². The standard InChI is InChI=1S/C6H11BrO.BrH/c1-2-3-4-5-6(7)8;/h2-5H2,1H3;1H. The van der Waals surface area contributed by atoms with Crippen molar-refractivity contribution < 1.29 is 4.79 Å². The maximum absolute atomic E-state index is 10.2. The third-order valence-electron chi connectivity index (χ3n) is 0.977. The van der Waals surface area contributed by atoms with Crippen molar-refractivity contribution >= 4 is 37.6 Å². The Morgan fingerprint density at radius 3 is 2.33 bits per heavy atom. The highest BCUT2D eigenvalue weighted by atomic mass is 79.9. The average Bonchev–Trinajstić information content (AvgIpc) is 1.66. The van der Waals surface area contributed by atoms with Gasteiger partial charge in [-0.3, -0.25) is 4.79 Å². The molecule has 3 heteroatoms. The van der Waals surface area contributed by atoms with E-state index < -0.39 is 0 Å². The van der Waals surface area contributed by atoms with Gasteiger partial charge in [-0.05, 0) is 22.4 Å². The summed E-state index contributed by atoms with van der Waals surface area (Å²) in [6, 6.07) is 0. The summed E-state index contributed by atoms with van der Waals surface area (Å²) < 4.78 is 0.131. The van der Waals surface area contributed by atoms with Crippen molar-refractivity contribution in [1.29, 1.82) is 0 Å². The molecular formula is C6H12Br2O. The number of hydrogen-bond acceptors (Lipinski definition) is 1. The molecule has 0 saturated heterocycles. The minimum atomic E-state index is 0. The number of rotatable bonds is 4. The van der Waals surface area contributed by atoms with Crippen molar-refractivity contribution in [3.63, 3.8) is 0 Å². The highest BCUT2D eigenvalue weighted by molar-refractivity contribution is 9.18. The van der Waals surface area contributed by atoms with Crippen LogP contribution in [0.4, 0.5) is 0 Å². The first-order chi connectivity index (χ1) is 3.77. The number of hydrogen-bond donors (Lipinski definition) is 0. The molecule has 0 atom stereocenters. The Balaban J connectivity index is 0. The molecule has 0 amide bonds. The van der Waals surface area contributed by atoms with Crippen molar-refractivity contribution in [1.82, 2.24) is 0 Å². The molecule has 1 nitrogen and oxygen atoms in total. The number of unbranched alkanes of at least 4 members (excludes halogenated alkanes) is 2. The Morgan fingerprint density at radius 1 is 1.44 bits per heavy atom. The first kappa shape index (κ1) is 12.3. The van der Waals surface area contributed by atoms with Crippen LogP contribution in [0.5, 0.6) is 0 Å². The summed E-state index contributed by atoms with van der Waals surface area (Å²) in [7, 11) is 0. The lowest BCUT2D eigenvalue weighted by Gasteiger charge is -1.89. The second-order valence-electron chi connectivity index (χ2n) is 1.81. The first-order valence-electron chi connectivity index (χ1n) is 2.95. The van der Waals surface area contributed by atoms with Gasteiger partial charge in [-0.1, -0.05) is 19.8 Å². The number of carbonyl (C=O) groups excluding carboxylic acids is 1. The van der Waals surface area contributed by atoms with E-state index in [9.17, 15) is 4.79 Å². The second-order valence-corrected chi connectivity index (χ2v) is 2.70. The maximum atomic E-state index is 10.2. The molecule has 0 N–H and O–H groups in total. The van der Waals surface area contributed by atoms with Crippen LogP contribution in [-0.4, -0.2) is 4.69 Å². The summed E-state index contributed by atoms with van der Waals surface area (Å²) in [6.45, 7) is 2.12. The molecule has 0 bridgehead atoms. The molecule has 0 aliphatic rings. The highest BCUT2D eigenvalue weighted by Crippen LogP contribution is 2.01. The van der Waals surface area contributed by atoms with E-state index in [2.05, 4.69) is 22.9 Å². The number of carbonyl (C=O) groups is 1. The van der Waals surface area contributed by atoms with Gasteiger partial charge < -0.3 is 0 Å². The van der Waals surface area contributed by atoms with Crippen LogP contribution in [0.25, 0.3) is 0 Å². The highest BCUT2D eigenvalue weighted by Gasteiger charge is 1.91. The van der Waals surface area contributed by atoms with Crippen molar-refractivity contribution in [2.24, 2.45) is 0 Å². The molecule has 9 heavy (non-hydrogen) atoms. The summed E-state index contributed by atoms with van der Waals surface area (Å²) >= 11 is 2.87. The van der Waals surface area contributed by atoms with E-state index in [0.29, 0.717) is 6.42 Å². The second kappa shape index (κ2) is 8.63. The minimum absolute atomic E-state index is 0. The molecule has 0 rings (SSSR count). The SMILES string of the molecule is Br.CCCCCC(=O)Br. The minimum Gasteiger partial charge on any atom is -0.287 e. The fourth-order valence-corrected chi connectivity index (χ4v) is 0.794. The quantitative estimate of drug-likeness (QED) is 0.560. The first-order valence-corrected chi connectivity index (χ1v) is 3.75. The maximum Gasteiger partial charge on any atom is 0.197 e. The predicted octanol–water partition coefficient (Wildman–Crippen LogP) is 3.07. The van der Waals surface area contributed by atoms with Gasteiger partial charge in [0.05, 0.1) is 0 Å². The topological polar surface area (TPSA) is 17.1 Å². The van der Waals surface area contributed by atoms with Gasteiger partial charge in [0, 0.05) is 6.42 Å². The van der Waals surface area contributed by atoms with Gasteiger partial charge in [-0.15, -0.1) is 17.0 Å². The van der Waals surface area contributed by atoms with Gasteiger partial charge >= 0.3 is 0 Å². The molecule has 0 fully saturated rings. The van der Waals surface area contributed by atoms with Crippen LogP contribution < -0.4 is 0 Å². The van der Waals surface area contributed by atoms with Crippen LogP contribution in [-0.2, 0) is 4.79 Å². The van der Waals surface area contributed by atoms with E-state index in [4.69, 9.17) is 0 Å². The molecule has 0 aromatic carbocycles. The predicted molar refractivity (Wildman–Crippen MR) is 48.4 cm³/mol. The third-order valence-corrected chi connectivity index (χ3v) is 1.37. The molecule has 0 heterocycles. The van der Waals surface area contributed by atoms with E-state index in [0.717, 1.165) is 12.8 Å². The zero-order valence-electron chi connectivity index (χ0n) is 5.52. The monoisotopic (exact) mass is 258 g/mol. The number of halogens is 2. The summed E-state index contributed by atoms with van der Waals surface area (Å²) in [5, 5.41) is 0. The fraction of sp³-hybridized carbons (Fsp3) is 0.833. The molecule has 0 spiro atoms. The molecule has 0 aliphatic carbocycles. The Labute approximate surface area is 75.1 Å². The van der Waals surface area contributed by atoms with Crippen LogP contribution >= 0.6 is 32.9 Å².